The SMILES string of the molecule is O=[N+]([O-])c1cc(Cl)ccc1-c1ccc(/C=N\n2cn[nH]c2=S)o1. The number of nitrogens with one attached hydrogen (secondary N) is 1. The molecule has 8 nitrogen and oxygen atoms in total. The molecule has 0 aliphatic heterocycles. The van der Waals surface area contributed by atoms with Gasteiger partial charge in [0.15, 0.2) is 0 Å². The van der Waals surface area contributed by atoms with Gasteiger partial charge in [0.2, 0.25) is 4.77 Å². The van der Waals surface area contributed by atoms with Crippen molar-refractivity contribution in [2.24, 2.45) is 5.10 Å². The molecule has 3 aromatic rings. The molecular formula is C13H8ClN5O3S. The number of furan rings is 1. The zero-order valence-corrected chi connectivity index (χ0v) is 12.9. The fraction of sp³-hybridized carbons (Fsp3) is 0. The Morgan fingerprint density at radius 2 is 2.26 bits per heavy atom. The minimum Gasteiger partial charge on any atom is -0.455 e. The van der Waals surface area contributed by atoms with Crippen molar-refractivity contribution in [1.29, 1.82) is 0 Å². The lowest BCUT2D eigenvalue weighted by Crippen LogP contribution is -1.91. The van der Waals surface area contributed by atoms with Crippen LogP contribution in [0.2, 0.25) is 5.02 Å². The van der Waals surface area contributed by atoms with E-state index in [1.54, 1.807) is 18.2 Å². The number of nitro groups is 1. The number of H-pyrrole nitrogens is 1. The van der Waals surface area contributed by atoms with Crippen molar-refractivity contribution in [3.05, 3.63) is 62.3 Å². The topological polar surface area (TPSA) is 102 Å². The van der Waals surface area contributed by atoms with Gasteiger partial charge in [-0.3, -0.25) is 15.2 Å². The largest absolute Gasteiger partial charge is 0.455 e. The van der Waals surface area contributed by atoms with Crippen LogP contribution in [0.3, 0.4) is 0 Å². The van der Waals surface area contributed by atoms with Crippen molar-refractivity contribution >= 4 is 35.7 Å². The van der Waals surface area contributed by atoms with E-state index in [0.29, 0.717) is 21.9 Å². The highest BCUT2D eigenvalue weighted by atomic mass is 35.5. The Morgan fingerprint density at radius 1 is 1.43 bits per heavy atom. The first kappa shape index (κ1) is 15.1. The maximum Gasteiger partial charge on any atom is 0.281 e. The summed E-state index contributed by atoms with van der Waals surface area (Å²) in [6.45, 7) is 0. The van der Waals surface area contributed by atoms with E-state index in [-0.39, 0.29) is 10.7 Å². The molecule has 0 spiro atoms. The molecule has 0 saturated carbocycles. The van der Waals surface area contributed by atoms with Gasteiger partial charge in [-0.05, 0) is 36.5 Å². The van der Waals surface area contributed by atoms with Crippen molar-refractivity contribution in [2.75, 3.05) is 0 Å². The summed E-state index contributed by atoms with van der Waals surface area (Å²) in [4.78, 5) is 10.6. The van der Waals surface area contributed by atoms with E-state index >= 15 is 0 Å². The number of nitrogens with zero attached hydrogens (tertiary/aromatic N) is 4. The van der Waals surface area contributed by atoms with Crippen molar-refractivity contribution in [3.63, 3.8) is 0 Å². The summed E-state index contributed by atoms with van der Waals surface area (Å²) in [5.74, 6) is 0.748. The Balaban J connectivity index is 1.94. The molecule has 2 heterocycles. The van der Waals surface area contributed by atoms with Crippen LogP contribution in [0.15, 0.2) is 46.2 Å². The lowest BCUT2D eigenvalue weighted by atomic mass is 10.1. The Morgan fingerprint density at radius 3 is 2.96 bits per heavy atom. The average Bonchev–Trinajstić information content (AvgIpc) is 3.14. The van der Waals surface area contributed by atoms with Gasteiger partial charge in [-0.25, -0.2) is 0 Å². The summed E-state index contributed by atoms with van der Waals surface area (Å²) >= 11 is 10.8. The lowest BCUT2D eigenvalue weighted by molar-refractivity contribution is -0.384. The first-order chi connectivity index (χ1) is 11.0. The summed E-state index contributed by atoms with van der Waals surface area (Å²) in [5.41, 5.74) is 0.200. The van der Waals surface area contributed by atoms with Gasteiger partial charge in [-0.15, -0.1) is 0 Å². The van der Waals surface area contributed by atoms with Crippen LogP contribution >= 0.6 is 23.8 Å². The predicted octanol–water partition coefficient (Wildman–Crippen LogP) is 3.64. The molecule has 1 N–H and O–H groups in total. The fourth-order valence-electron chi connectivity index (χ4n) is 1.87. The summed E-state index contributed by atoms with van der Waals surface area (Å²) in [6.07, 6.45) is 2.84. The zero-order valence-electron chi connectivity index (χ0n) is 11.3. The van der Waals surface area contributed by atoms with Crippen LogP contribution in [-0.4, -0.2) is 26.0 Å². The van der Waals surface area contributed by atoms with Gasteiger partial charge in [0, 0.05) is 11.1 Å². The quantitative estimate of drug-likeness (QED) is 0.335. The van der Waals surface area contributed by atoms with Crippen LogP contribution in [0.5, 0.6) is 0 Å². The molecule has 0 fully saturated rings. The van der Waals surface area contributed by atoms with Crippen molar-refractivity contribution < 1.29 is 9.34 Å². The molecule has 0 atom stereocenters. The van der Waals surface area contributed by atoms with E-state index in [0.717, 1.165) is 0 Å². The van der Waals surface area contributed by atoms with Crippen LogP contribution in [-0.2, 0) is 0 Å². The molecule has 0 amide bonds. The van der Waals surface area contributed by atoms with E-state index in [4.69, 9.17) is 28.2 Å². The first-order valence-corrected chi connectivity index (χ1v) is 7.04. The van der Waals surface area contributed by atoms with Crippen LogP contribution in [0.25, 0.3) is 11.3 Å². The molecular weight excluding hydrogens is 342 g/mol. The minimum absolute atomic E-state index is 0.132. The summed E-state index contributed by atoms with van der Waals surface area (Å²) < 4.78 is 7.25. The van der Waals surface area contributed by atoms with E-state index in [9.17, 15) is 10.1 Å². The lowest BCUT2D eigenvalue weighted by Gasteiger charge is -2.00. The third-order valence-corrected chi connectivity index (χ3v) is 3.41. The molecule has 0 unspecified atom stereocenters. The highest BCUT2D eigenvalue weighted by molar-refractivity contribution is 7.71. The van der Waals surface area contributed by atoms with E-state index < -0.39 is 4.92 Å². The number of nitro benzene ring substituents is 1. The van der Waals surface area contributed by atoms with Gasteiger partial charge in [0.1, 0.15) is 17.8 Å². The van der Waals surface area contributed by atoms with Crippen molar-refractivity contribution in [2.45, 2.75) is 0 Å². The monoisotopic (exact) mass is 349 g/mol. The number of rotatable bonds is 4. The Hall–Kier alpha value is -2.78. The minimum atomic E-state index is -0.512. The number of hydrogen-bond donors (Lipinski definition) is 1. The highest BCUT2D eigenvalue weighted by Crippen LogP contribution is 2.33. The Bertz CT molecular complexity index is 958. The second-order valence-corrected chi connectivity index (χ2v) is 5.19. The predicted molar refractivity (Wildman–Crippen MR) is 86.2 cm³/mol. The van der Waals surface area contributed by atoms with Crippen LogP contribution in [0.4, 0.5) is 5.69 Å². The second kappa shape index (κ2) is 6.15. The summed E-state index contributed by atoms with van der Waals surface area (Å²) in [5, 5.41) is 21.8. The van der Waals surface area contributed by atoms with Gasteiger partial charge in [-0.2, -0.15) is 14.9 Å². The molecule has 2 aromatic heterocycles. The third-order valence-electron chi connectivity index (χ3n) is 2.89. The van der Waals surface area contributed by atoms with Crippen LogP contribution in [0.1, 0.15) is 5.76 Å². The molecule has 116 valence electrons. The highest BCUT2D eigenvalue weighted by Gasteiger charge is 2.18. The molecule has 1 aromatic carbocycles. The van der Waals surface area contributed by atoms with Crippen molar-refractivity contribution in [1.82, 2.24) is 14.9 Å². The zero-order chi connectivity index (χ0) is 16.4. The molecule has 0 aliphatic carbocycles. The van der Waals surface area contributed by atoms with E-state index in [2.05, 4.69) is 15.3 Å². The average molecular weight is 350 g/mol. The molecule has 23 heavy (non-hydrogen) atoms. The molecule has 0 aliphatic rings. The molecule has 3 rings (SSSR count). The number of aromatic amines is 1. The van der Waals surface area contributed by atoms with Crippen molar-refractivity contribution in [3.8, 4) is 11.3 Å². The number of hydrogen-bond acceptors (Lipinski definition) is 6. The van der Waals surface area contributed by atoms with E-state index in [1.807, 2.05) is 0 Å². The number of benzene rings is 1. The third kappa shape index (κ3) is 3.20. The Labute approximate surface area is 139 Å². The molecule has 0 bridgehead atoms. The number of aromatic nitrogens is 3. The normalized spacial score (nSPS) is 11.2. The summed E-state index contributed by atoms with van der Waals surface area (Å²) in [7, 11) is 0. The van der Waals surface area contributed by atoms with Crippen LogP contribution < -0.4 is 0 Å². The maximum atomic E-state index is 11.1. The Kier molecular flexibility index (Phi) is 4.04. The first-order valence-electron chi connectivity index (χ1n) is 6.25. The smallest absolute Gasteiger partial charge is 0.281 e. The number of halogens is 1. The fourth-order valence-corrected chi connectivity index (χ4v) is 2.19. The molecule has 0 radical (unpaired) electrons. The van der Waals surface area contributed by atoms with Gasteiger partial charge < -0.3 is 4.42 Å². The van der Waals surface area contributed by atoms with E-state index in [1.165, 1.54) is 29.4 Å². The second-order valence-electron chi connectivity index (χ2n) is 4.37. The van der Waals surface area contributed by atoms with Crippen LogP contribution in [0, 0.1) is 14.9 Å². The molecule has 0 saturated heterocycles. The summed E-state index contributed by atoms with van der Waals surface area (Å²) in [6, 6.07) is 7.63. The maximum absolute atomic E-state index is 11.1. The molecule has 10 heteroatoms. The van der Waals surface area contributed by atoms with Gasteiger partial charge in [0.05, 0.1) is 16.7 Å². The van der Waals surface area contributed by atoms with Gasteiger partial charge in [-0.1, -0.05) is 11.6 Å². The van der Waals surface area contributed by atoms with Gasteiger partial charge >= 0.3 is 0 Å². The van der Waals surface area contributed by atoms with Gasteiger partial charge in [0.25, 0.3) is 5.69 Å². The standard InChI is InChI=1S/C13H8ClN5O3S/c14-8-1-3-10(11(5-8)19(20)21)12-4-2-9(22-12)6-16-18-7-15-17-13(18)23/h1-7H,(H,17,23)/b16-6-.